The minimum Gasteiger partial charge on any atom is -0.321 e. The van der Waals surface area contributed by atoms with E-state index < -0.39 is 0 Å². The highest BCUT2D eigenvalue weighted by Gasteiger charge is 2.11. The van der Waals surface area contributed by atoms with Crippen molar-refractivity contribution in [2.75, 3.05) is 5.32 Å². The van der Waals surface area contributed by atoms with Gasteiger partial charge in [-0.1, -0.05) is 6.07 Å². The van der Waals surface area contributed by atoms with E-state index in [-0.39, 0.29) is 5.91 Å². The second-order valence-electron chi connectivity index (χ2n) is 6.24. The van der Waals surface area contributed by atoms with E-state index in [4.69, 9.17) is 0 Å². The maximum atomic E-state index is 12.6. The molecule has 4 rings (SSSR count). The molecule has 1 aromatic carbocycles. The van der Waals surface area contributed by atoms with Crippen molar-refractivity contribution in [2.45, 2.75) is 20.4 Å². The third-order valence-corrected chi connectivity index (χ3v) is 5.26. The summed E-state index contributed by atoms with van der Waals surface area (Å²) in [5.41, 5.74) is 2.90. The average molecular weight is 362 g/mol. The fraction of sp³-hybridized carbons (Fsp3) is 0.150. The molecule has 0 fully saturated rings. The molecule has 0 radical (unpaired) electrons. The van der Waals surface area contributed by atoms with Crippen LogP contribution in [0.3, 0.4) is 0 Å². The van der Waals surface area contributed by atoms with Crippen LogP contribution in [-0.4, -0.2) is 20.7 Å². The molecule has 0 unspecified atom stereocenters. The van der Waals surface area contributed by atoms with Gasteiger partial charge in [0.15, 0.2) is 0 Å². The Kier molecular flexibility index (Phi) is 4.26. The molecular weight excluding hydrogens is 344 g/mol. The number of anilines is 1. The van der Waals surface area contributed by atoms with E-state index in [1.165, 1.54) is 11.3 Å². The monoisotopic (exact) mass is 362 g/mol. The zero-order valence-corrected chi connectivity index (χ0v) is 15.4. The van der Waals surface area contributed by atoms with Crippen LogP contribution in [0, 0.1) is 13.8 Å². The molecule has 0 aliphatic rings. The molecule has 0 bridgehead atoms. The zero-order valence-electron chi connectivity index (χ0n) is 14.6. The van der Waals surface area contributed by atoms with E-state index in [0.717, 1.165) is 32.7 Å². The number of hydrogen-bond donors (Lipinski definition) is 1. The molecule has 0 spiro atoms. The Labute approximate surface area is 155 Å². The van der Waals surface area contributed by atoms with Crippen LogP contribution in [0.15, 0.2) is 54.9 Å². The van der Waals surface area contributed by atoms with Gasteiger partial charge in [0.2, 0.25) is 0 Å². The van der Waals surface area contributed by atoms with Gasteiger partial charge in [-0.25, -0.2) is 0 Å². The number of benzene rings is 1. The molecule has 6 heteroatoms. The van der Waals surface area contributed by atoms with Crippen molar-refractivity contribution in [3.8, 4) is 0 Å². The highest BCUT2D eigenvalue weighted by Crippen LogP contribution is 2.22. The predicted molar refractivity (Wildman–Crippen MR) is 105 cm³/mol. The molecule has 26 heavy (non-hydrogen) atoms. The van der Waals surface area contributed by atoms with Crippen LogP contribution in [0.5, 0.6) is 0 Å². The van der Waals surface area contributed by atoms with Crippen LogP contribution >= 0.6 is 11.3 Å². The number of fused-ring (bicyclic) bond motifs is 1. The number of carbonyl (C=O) groups excluding carboxylic acids is 1. The van der Waals surface area contributed by atoms with Crippen LogP contribution in [0.1, 0.15) is 25.9 Å². The zero-order chi connectivity index (χ0) is 18.1. The topological polar surface area (TPSA) is 59.8 Å². The van der Waals surface area contributed by atoms with Gasteiger partial charge < -0.3 is 5.32 Å². The third-order valence-electron chi connectivity index (χ3n) is 4.19. The van der Waals surface area contributed by atoms with E-state index >= 15 is 0 Å². The van der Waals surface area contributed by atoms with E-state index in [2.05, 4.69) is 21.5 Å². The van der Waals surface area contributed by atoms with Gasteiger partial charge in [-0.2, -0.15) is 5.10 Å². The van der Waals surface area contributed by atoms with Crippen molar-refractivity contribution in [1.29, 1.82) is 0 Å². The molecule has 1 amide bonds. The first-order chi connectivity index (χ1) is 12.6. The Bertz CT molecular complexity index is 1100. The van der Waals surface area contributed by atoms with Gasteiger partial charge in [0, 0.05) is 34.0 Å². The third kappa shape index (κ3) is 3.36. The van der Waals surface area contributed by atoms with Gasteiger partial charge in [-0.15, -0.1) is 11.3 Å². The molecule has 3 heterocycles. The SMILES string of the molecule is Cc1cc(C)n(Cc2ccc(C(=O)Nc3ccc4cnccc4c3)s2)n1. The summed E-state index contributed by atoms with van der Waals surface area (Å²) in [6, 6.07) is 13.7. The Hall–Kier alpha value is -2.99. The second-order valence-corrected chi connectivity index (χ2v) is 7.41. The lowest BCUT2D eigenvalue weighted by molar-refractivity contribution is 0.103. The normalized spacial score (nSPS) is 11.0. The van der Waals surface area contributed by atoms with Crippen LogP contribution in [0.2, 0.25) is 0 Å². The van der Waals surface area contributed by atoms with E-state index in [0.29, 0.717) is 11.4 Å². The van der Waals surface area contributed by atoms with Crippen LogP contribution in [0.4, 0.5) is 5.69 Å². The minimum absolute atomic E-state index is 0.0944. The fourth-order valence-electron chi connectivity index (χ4n) is 2.92. The standard InChI is InChI=1S/C20H18N4OS/c1-13-9-14(2)24(23-13)12-18-5-6-19(26-18)20(25)22-17-4-3-16-11-21-8-7-15(16)10-17/h3-11H,12H2,1-2H3,(H,22,25). The number of thiophene rings is 1. The highest BCUT2D eigenvalue weighted by atomic mass is 32.1. The van der Waals surface area contributed by atoms with Crippen LogP contribution in [-0.2, 0) is 6.54 Å². The summed E-state index contributed by atoms with van der Waals surface area (Å²) in [5, 5.41) is 9.55. The quantitative estimate of drug-likeness (QED) is 0.585. The molecule has 5 nitrogen and oxygen atoms in total. The van der Waals surface area contributed by atoms with Crippen molar-refractivity contribution in [2.24, 2.45) is 0 Å². The Morgan fingerprint density at radius 2 is 2.00 bits per heavy atom. The Morgan fingerprint density at radius 1 is 1.12 bits per heavy atom. The summed E-state index contributed by atoms with van der Waals surface area (Å²) in [6.07, 6.45) is 3.56. The van der Waals surface area contributed by atoms with Gasteiger partial charge >= 0.3 is 0 Å². The number of rotatable bonds is 4. The fourth-order valence-corrected chi connectivity index (χ4v) is 3.81. The smallest absolute Gasteiger partial charge is 0.265 e. The number of hydrogen-bond acceptors (Lipinski definition) is 4. The van der Waals surface area contributed by atoms with Crippen molar-refractivity contribution < 1.29 is 4.79 Å². The van der Waals surface area contributed by atoms with Gasteiger partial charge in [0.1, 0.15) is 0 Å². The van der Waals surface area contributed by atoms with E-state index in [1.807, 2.05) is 61.1 Å². The molecule has 130 valence electrons. The molecular formula is C20H18N4OS. The molecule has 0 saturated heterocycles. The maximum Gasteiger partial charge on any atom is 0.265 e. The highest BCUT2D eigenvalue weighted by molar-refractivity contribution is 7.14. The summed E-state index contributed by atoms with van der Waals surface area (Å²) in [6.45, 7) is 4.70. The number of aryl methyl sites for hydroxylation is 2. The molecule has 3 aromatic heterocycles. The molecule has 0 aliphatic carbocycles. The van der Waals surface area contributed by atoms with Gasteiger partial charge in [-0.3, -0.25) is 14.5 Å². The van der Waals surface area contributed by atoms with Crippen LogP contribution < -0.4 is 5.32 Å². The number of nitrogens with one attached hydrogen (secondary N) is 1. The summed E-state index contributed by atoms with van der Waals surface area (Å²) in [5.74, 6) is -0.0944. The first kappa shape index (κ1) is 16.5. The molecule has 1 N–H and O–H groups in total. The maximum absolute atomic E-state index is 12.6. The summed E-state index contributed by atoms with van der Waals surface area (Å²) in [4.78, 5) is 18.4. The largest absolute Gasteiger partial charge is 0.321 e. The lowest BCUT2D eigenvalue weighted by Gasteiger charge is -2.05. The molecule has 0 atom stereocenters. The van der Waals surface area contributed by atoms with Gasteiger partial charge in [-0.05, 0) is 55.6 Å². The predicted octanol–water partition coefficient (Wildman–Crippen LogP) is 4.41. The summed E-state index contributed by atoms with van der Waals surface area (Å²) in [7, 11) is 0. The van der Waals surface area contributed by atoms with Crippen molar-refractivity contribution in [1.82, 2.24) is 14.8 Å². The minimum atomic E-state index is -0.0944. The Morgan fingerprint density at radius 3 is 2.81 bits per heavy atom. The van der Waals surface area contributed by atoms with E-state index in [1.54, 1.807) is 6.20 Å². The number of aromatic nitrogens is 3. The Balaban J connectivity index is 1.49. The number of pyridine rings is 1. The summed E-state index contributed by atoms with van der Waals surface area (Å²) < 4.78 is 1.96. The average Bonchev–Trinajstić information content (AvgIpc) is 3.21. The van der Waals surface area contributed by atoms with Crippen LogP contribution in [0.25, 0.3) is 10.8 Å². The van der Waals surface area contributed by atoms with Crippen molar-refractivity contribution >= 4 is 33.7 Å². The lowest BCUT2D eigenvalue weighted by Crippen LogP contribution is -2.09. The first-order valence-corrected chi connectivity index (χ1v) is 9.15. The summed E-state index contributed by atoms with van der Waals surface area (Å²) >= 11 is 1.49. The van der Waals surface area contributed by atoms with E-state index in [9.17, 15) is 4.79 Å². The number of nitrogens with zero attached hydrogens (tertiary/aromatic N) is 3. The number of amides is 1. The first-order valence-electron chi connectivity index (χ1n) is 8.33. The van der Waals surface area contributed by atoms with Gasteiger partial charge in [0.25, 0.3) is 5.91 Å². The second kappa shape index (κ2) is 6.72. The lowest BCUT2D eigenvalue weighted by atomic mass is 10.1. The molecule has 0 aliphatic heterocycles. The van der Waals surface area contributed by atoms with Gasteiger partial charge in [0.05, 0.1) is 17.1 Å². The molecule has 0 saturated carbocycles. The van der Waals surface area contributed by atoms with Crippen molar-refractivity contribution in [3.63, 3.8) is 0 Å². The number of carbonyl (C=O) groups is 1. The van der Waals surface area contributed by atoms with Crippen molar-refractivity contribution in [3.05, 3.63) is 76.0 Å². The molecule has 4 aromatic rings.